The van der Waals surface area contributed by atoms with Crippen molar-refractivity contribution in [2.45, 2.75) is 51.2 Å². The normalized spacial score (nSPS) is 26.4. The molecular formula is C30H31F3N6O. The average Bonchev–Trinajstić information content (AvgIpc) is 3.38. The number of anilines is 2. The lowest BCUT2D eigenvalue weighted by atomic mass is 9.72. The van der Waals surface area contributed by atoms with Crippen LogP contribution in [0.4, 0.5) is 24.9 Å². The van der Waals surface area contributed by atoms with Gasteiger partial charge in [-0.25, -0.2) is 4.98 Å². The van der Waals surface area contributed by atoms with Crippen LogP contribution >= 0.6 is 0 Å². The Balaban J connectivity index is 1.09. The molecule has 1 heterocycles. The molecule has 0 spiro atoms. The lowest BCUT2D eigenvalue weighted by Gasteiger charge is -2.39. The molecule has 3 aromatic rings. The number of benzene rings is 2. The van der Waals surface area contributed by atoms with Crippen LogP contribution in [0.2, 0.25) is 0 Å². The highest BCUT2D eigenvalue weighted by Gasteiger charge is 2.61. The van der Waals surface area contributed by atoms with Crippen LogP contribution in [0.3, 0.4) is 0 Å². The molecule has 4 saturated carbocycles. The number of hydrogen-bond donors (Lipinski definition) is 3. The first-order valence-corrected chi connectivity index (χ1v) is 13.7. The van der Waals surface area contributed by atoms with Gasteiger partial charge < -0.3 is 20.7 Å². The summed E-state index contributed by atoms with van der Waals surface area (Å²) >= 11 is 0. The Kier molecular flexibility index (Phi) is 7.00. The number of aromatic nitrogens is 2. The van der Waals surface area contributed by atoms with Gasteiger partial charge in [-0.05, 0) is 60.5 Å². The van der Waals surface area contributed by atoms with E-state index in [9.17, 15) is 18.4 Å². The summed E-state index contributed by atoms with van der Waals surface area (Å²) in [5.74, 6) is 2.36. The molecule has 7 rings (SSSR count). The first-order chi connectivity index (χ1) is 19.3. The number of nitrogens with zero attached hydrogens (tertiary/aromatic N) is 3. The minimum absolute atomic E-state index is 0.0321. The van der Waals surface area contributed by atoms with Crippen LogP contribution in [0, 0.1) is 34.5 Å². The van der Waals surface area contributed by atoms with E-state index >= 15 is 0 Å². The Morgan fingerprint density at radius 1 is 0.975 bits per heavy atom. The highest BCUT2D eigenvalue weighted by Crippen LogP contribution is 2.65. The summed E-state index contributed by atoms with van der Waals surface area (Å²) in [4.78, 5) is 8.70. The second-order valence-electron chi connectivity index (χ2n) is 11.3. The van der Waals surface area contributed by atoms with Crippen LogP contribution in [-0.2, 0) is 13.1 Å². The molecular weight excluding hydrogens is 517 g/mol. The third-order valence-electron chi connectivity index (χ3n) is 8.93. The highest BCUT2D eigenvalue weighted by molar-refractivity contribution is 5.54. The van der Waals surface area contributed by atoms with Crippen LogP contribution in [0.1, 0.15) is 42.4 Å². The maximum Gasteiger partial charge on any atom is 0.573 e. The van der Waals surface area contributed by atoms with Gasteiger partial charge in [0.2, 0.25) is 5.95 Å². The van der Waals surface area contributed by atoms with E-state index in [-0.39, 0.29) is 23.7 Å². The van der Waals surface area contributed by atoms with Gasteiger partial charge in [0.05, 0.1) is 6.20 Å². The van der Waals surface area contributed by atoms with Gasteiger partial charge in [-0.15, -0.1) is 13.2 Å². The Bertz CT molecular complexity index is 1380. The lowest BCUT2D eigenvalue weighted by Crippen LogP contribution is -2.45. The molecule has 0 amide bonds. The molecule has 3 N–H and O–H groups in total. The number of alkyl halides is 3. The minimum Gasteiger partial charge on any atom is -0.405 e. The van der Waals surface area contributed by atoms with E-state index in [0.717, 1.165) is 25.9 Å². The summed E-state index contributed by atoms with van der Waals surface area (Å²) in [6.45, 7) is 1.66. The van der Waals surface area contributed by atoms with E-state index in [1.165, 1.54) is 36.7 Å². The van der Waals surface area contributed by atoms with Crippen molar-refractivity contribution in [3.8, 4) is 11.8 Å². The molecule has 5 atom stereocenters. The maximum absolute atomic E-state index is 12.8. The number of nitrogens with one attached hydrogen (secondary N) is 3. The number of para-hydroxylation sites is 1. The molecule has 0 aliphatic heterocycles. The van der Waals surface area contributed by atoms with Crippen molar-refractivity contribution in [1.29, 1.82) is 5.26 Å². The van der Waals surface area contributed by atoms with E-state index < -0.39 is 6.36 Å². The Morgan fingerprint density at radius 3 is 2.42 bits per heavy atom. The fraction of sp³-hybridized carbons (Fsp3) is 0.433. The smallest absolute Gasteiger partial charge is 0.405 e. The van der Waals surface area contributed by atoms with Gasteiger partial charge in [0.25, 0.3) is 0 Å². The monoisotopic (exact) mass is 548 g/mol. The Labute approximate surface area is 231 Å². The summed E-state index contributed by atoms with van der Waals surface area (Å²) in [6, 6.07) is 19.1. The van der Waals surface area contributed by atoms with Crippen molar-refractivity contribution in [3.63, 3.8) is 0 Å². The van der Waals surface area contributed by atoms with E-state index in [2.05, 4.69) is 61.0 Å². The molecule has 1 aromatic heterocycles. The van der Waals surface area contributed by atoms with E-state index in [0.29, 0.717) is 40.7 Å². The van der Waals surface area contributed by atoms with E-state index in [4.69, 9.17) is 0 Å². The fourth-order valence-electron chi connectivity index (χ4n) is 7.33. The van der Waals surface area contributed by atoms with Crippen LogP contribution in [0.15, 0.2) is 60.8 Å². The maximum atomic E-state index is 12.8. The molecule has 2 aromatic carbocycles. The zero-order valence-electron chi connectivity index (χ0n) is 21.9. The first kappa shape index (κ1) is 26.4. The summed E-state index contributed by atoms with van der Waals surface area (Å²) < 4.78 is 42.5. The third-order valence-corrected chi connectivity index (χ3v) is 8.93. The SMILES string of the molecule is N#Cc1cnc(NCc2ccccc2OC(F)(F)F)nc1NCC12C[C@H]3CC1C[C@@H](C2)C3NCc1ccccc1. The van der Waals surface area contributed by atoms with Gasteiger partial charge in [-0.1, -0.05) is 48.5 Å². The standard InChI is InChI=1S/C30H31F3N6O/c31-30(32,33)40-25-9-5-4-8-20(25)16-36-28-37-17-23(14-34)27(39-28)38-18-29-12-21-10-24(29)11-22(13-29)26(21)35-15-19-6-2-1-3-7-19/h1-9,17,21-22,24,26,35H,10-13,15-16,18H2,(H2,36,37,38,39)/t21-,22+,24?,26?,29?. The quantitative estimate of drug-likeness (QED) is 0.292. The van der Waals surface area contributed by atoms with Crippen molar-refractivity contribution in [2.75, 3.05) is 17.2 Å². The lowest BCUT2D eigenvalue weighted by molar-refractivity contribution is -0.274. The van der Waals surface area contributed by atoms with Gasteiger partial charge >= 0.3 is 6.36 Å². The molecule has 4 bridgehead atoms. The van der Waals surface area contributed by atoms with Crippen molar-refractivity contribution in [3.05, 3.63) is 77.5 Å². The first-order valence-electron chi connectivity index (χ1n) is 13.7. The van der Waals surface area contributed by atoms with Crippen molar-refractivity contribution in [2.24, 2.45) is 23.2 Å². The number of rotatable bonds is 10. The molecule has 0 radical (unpaired) electrons. The fourth-order valence-corrected chi connectivity index (χ4v) is 7.33. The molecule has 208 valence electrons. The minimum atomic E-state index is -4.78. The van der Waals surface area contributed by atoms with E-state index in [1.807, 2.05) is 6.07 Å². The van der Waals surface area contributed by atoms with Gasteiger partial charge in [0, 0.05) is 31.2 Å². The molecule has 7 nitrogen and oxygen atoms in total. The Hall–Kier alpha value is -3.84. The number of halogens is 3. The second-order valence-corrected chi connectivity index (χ2v) is 11.3. The molecule has 40 heavy (non-hydrogen) atoms. The van der Waals surface area contributed by atoms with Crippen LogP contribution < -0.4 is 20.7 Å². The predicted molar refractivity (Wildman–Crippen MR) is 144 cm³/mol. The van der Waals surface area contributed by atoms with Gasteiger partial charge in [0.1, 0.15) is 23.2 Å². The van der Waals surface area contributed by atoms with E-state index in [1.54, 1.807) is 12.1 Å². The third kappa shape index (κ3) is 5.43. The zero-order valence-corrected chi connectivity index (χ0v) is 21.9. The van der Waals surface area contributed by atoms with Gasteiger partial charge in [0.15, 0.2) is 0 Å². The molecule has 3 unspecified atom stereocenters. The van der Waals surface area contributed by atoms with Gasteiger partial charge in [-0.3, -0.25) is 0 Å². The largest absolute Gasteiger partial charge is 0.573 e. The molecule has 4 fully saturated rings. The summed E-state index contributed by atoms with van der Waals surface area (Å²) in [7, 11) is 0. The molecule has 4 aliphatic rings. The molecule has 0 saturated heterocycles. The van der Waals surface area contributed by atoms with Crippen LogP contribution in [0.5, 0.6) is 5.75 Å². The number of nitriles is 1. The number of ether oxygens (including phenoxy) is 1. The molecule has 10 heteroatoms. The highest BCUT2D eigenvalue weighted by atomic mass is 19.4. The summed E-state index contributed by atoms with van der Waals surface area (Å²) in [5, 5.41) is 19.9. The topological polar surface area (TPSA) is 94.9 Å². The van der Waals surface area contributed by atoms with Crippen LogP contribution in [-0.4, -0.2) is 28.9 Å². The van der Waals surface area contributed by atoms with Crippen molar-refractivity contribution < 1.29 is 17.9 Å². The van der Waals surface area contributed by atoms with Crippen molar-refractivity contribution in [1.82, 2.24) is 15.3 Å². The Morgan fingerprint density at radius 2 is 1.70 bits per heavy atom. The molecule has 4 aliphatic carbocycles. The average molecular weight is 549 g/mol. The van der Waals surface area contributed by atoms with Crippen molar-refractivity contribution >= 4 is 11.8 Å². The summed E-state index contributed by atoms with van der Waals surface area (Å²) in [6.07, 6.45) is 1.42. The zero-order chi connectivity index (χ0) is 27.7. The van der Waals surface area contributed by atoms with Gasteiger partial charge in [-0.2, -0.15) is 10.2 Å². The predicted octanol–water partition coefficient (Wildman–Crippen LogP) is 5.87. The second kappa shape index (κ2) is 10.6. The van der Waals surface area contributed by atoms with Crippen LogP contribution in [0.25, 0.3) is 0 Å². The number of hydrogen-bond acceptors (Lipinski definition) is 7. The summed E-state index contributed by atoms with van der Waals surface area (Å²) in [5.41, 5.74) is 2.15.